The van der Waals surface area contributed by atoms with Gasteiger partial charge in [0, 0.05) is 3.82 Å². The van der Waals surface area contributed by atoms with Gasteiger partial charge in [-0.25, -0.2) is 0 Å². The fourth-order valence-corrected chi connectivity index (χ4v) is 1.63. The Kier molecular flexibility index (Phi) is 3.60. The van der Waals surface area contributed by atoms with Crippen molar-refractivity contribution in [3.8, 4) is 0 Å². The minimum absolute atomic E-state index is 0.0689. The first kappa shape index (κ1) is 12.8. The summed E-state index contributed by atoms with van der Waals surface area (Å²) in [6.45, 7) is 12.8. The predicted molar refractivity (Wildman–Crippen MR) is 68.7 cm³/mol. The molecule has 1 rings (SSSR count). The maximum absolute atomic E-state index is 5.96. The summed E-state index contributed by atoms with van der Waals surface area (Å²) in [5.74, 6) is 0.574. The van der Waals surface area contributed by atoms with Crippen molar-refractivity contribution in [2.45, 2.75) is 56.6 Å². The van der Waals surface area contributed by atoms with E-state index in [1.54, 1.807) is 0 Å². The molecule has 0 amide bonds. The quantitative estimate of drug-likeness (QED) is 0.443. The zero-order chi connectivity index (χ0) is 11.1. The van der Waals surface area contributed by atoms with Gasteiger partial charge >= 0.3 is 7.12 Å². The molecular formula is C10H20BIO2. The minimum Gasteiger partial charge on any atom is -0.403 e. The van der Waals surface area contributed by atoms with Gasteiger partial charge in [0.25, 0.3) is 0 Å². The van der Waals surface area contributed by atoms with Crippen LogP contribution in [0.2, 0.25) is 0 Å². The first-order valence-corrected chi connectivity index (χ1v) is 6.41. The Balaban J connectivity index is 2.73. The number of rotatable bonds is 2. The topological polar surface area (TPSA) is 18.5 Å². The Morgan fingerprint density at radius 3 is 1.64 bits per heavy atom. The third-order valence-corrected chi connectivity index (χ3v) is 5.19. The molecule has 4 heteroatoms. The average molecular weight is 310 g/mol. The van der Waals surface area contributed by atoms with Crippen LogP contribution in [-0.4, -0.2) is 22.1 Å². The van der Waals surface area contributed by atoms with E-state index in [0.717, 1.165) is 0 Å². The van der Waals surface area contributed by atoms with E-state index in [2.05, 4.69) is 64.1 Å². The van der Waals surface area contributed by atoms with Crippen molar-refractivity contribution in [2.75, 3.05) is 0 Å². The molecule has 1 heterocycles. The smallest absolute Gasteiger partial charge is 0.403 e. The second kappa shape index (κ2) is 3.94. The van der Waals surface area contributed by atoms with Gasteiger partial charge in [-0.3, -0.25) is 0 Å². The van der Waals surface area contributed by atoms with Crippen molar-refractivity contribution in [1.82, 2.24) is 0 Å². The highest BCUT2D eigenvalue weighted by Crippen LogP contribution is 2.39. The van der Waals surface area contributed by atoms with Gasteiger partial charge in [-0.15, -0.1) is 0 Å². The maximum Gasteiger partial charge on any atom is 0.471 e. The fraction of sp³-hybridized carbons (Fsp3) is 1.00. The van der Waals surface area contributed by atoms with Crippen molar-refractivity contribution in [2.24, 2.45) is 5.92 Å². The van der Waals surface area contributed by atoms with Crippen LogP contribution in [0.5, 0.6) is 0 Å². The molecule has 1 aliphatic heterocycles. The van der Waals surface area contributed by atoms with Crippen LogP contribution in [-0.2, 0) is 9.31 Å². The highest BCUT2D eigenvalue weighted by Gasteiger charge is 2.53. The molecule has 1 fully saturated rings. The van der Waals surface area contributed by atoms with E-state index in [0.29, 0.717) is 9.74 Å². The standard InChI is InChI=1S/C10H20BIO2/c1-7(2)8(12)11-13-9(3,4)10(5,6)14-11/h7-8H,1-6H3/t8-/m1/s1. The SMILES string of the molecule is CC(C)[C@@H](I)B1OC(C)(C)C(C)(C)O1. The van der Waals surface area contributed by atoms with Crippen LogP contribution in [0.25, 0.3) is 0 Å². The number of alkyl halides is 1. The predicted octanol–water partition coefficient (Wildman–Crippen LogP) is 3.08. The van der Waals surface area contributed by atoms with Crippen LogP contribution in [0.4, 0.5) is 0 Å². The Bertz CT molecular complexity index is 200. The lowest BCUT2D eigenvalue weighted by Crippen LogP contribution is -2.41. The molecule has 2 nitrogen and oxygen atoms in total. The van der Waals surface area contributed by atoms with E-state index in [4.69, 9.17) is 9.31 Å². The largest absolute Gasteiger partial charge is 0.471 e. The summed E-state index contributed by atoms with van der Waals surface area (Å²) in [4.78, 5) is 0. The summed E-state index contributed by atoms with van der Waals surface area (Å²) in [6, 6.07) is 0. The third kappa shape index (κ3) is 2.27. The van der Waals surface area contributed by atoms with Crippen molar-refractivity contribution < 1.29 is 9.31 Å². The van der Waals surface area contributed by atoms with Gasteiger partial charge < -0.3 is 9.31 Å². The van der Waals surface area contributed by atoms with Crippen LogP contribution in [0.15, 0.2) is 0 Å². The molecule has 0 aliphatic carbocycles. The lowest BCUT2D eigenvalue weighted by atomic mass is 9.78. The van der Waals surface area contributed by atoms with Gasteiger partial charge in [0.1, 0.15) is 0 Å². The van der Waals surface area contributed by atoms with E-state index < -0.39 is 0 Å². The van der Waals surface area contributed by atoms with Crippen LogP contribution in [0.1, 0.15) is 41.5 Å². The van der Waals surface area contributed by atoms with E-state index in [-0.39, 0.29) is 18.3 Å². The maximum atomic E-state index is 5.96. The minimum atomic E-state index is -0.198. The highest BCUT2D eigenvalue weighted by molar-refractivity contribution is 14.1. The molecule has 0 N–H and O–H groups in total. The van der Waals surface area contributed by atoms with E-state index in [1.165, 1.54) is 0 Å². The van der Waals surface area contributed by atoms with Crippen molar-refractivity contribution in [1.29, 1.82) is 0 Å². The molecule has 1 saturated heterocycles. The summed E-state index contributed by atoms with van der Waals surface area (Å²) < 4.78 is 12.3. The molecule has 0 saturated carbocycles. The zero-order valence-corrected chi connectivity index (χ0v) is 12.1. The Morgan fingerprint density at radius 2 is 1.36 bits per heavy atom. The Hall–Kier alpha value is 0.715. The first-order valence-electron chi connectivity index (χ1n) is 5.17. The summed E-state index contributed by atoms with van der Waals surface area (Å²) in [5, 5.41) is 0. The number of hydrogen-bond donors (Lipinski definition) is 0. The molecule has 0 aromatic carbocycles. The monoisotopic (exact) mass is 310 g/mol. The van der Waals surface area contributed by atoms with Crippen molar-refractivity contribution >= 4 is 29.7 Å². The lowest BCUT2D eigenvalue weighted by Gasteiger charge is -2.32. The van der Waals surface area contributed by atoms with E-state index in [9.17, 15) is 0 Å². The van der Waals surface area contributed by atoms with Crippen molar-refractivity contribution in [3.05, 3.63) is 0 Å². The van der Waals surface area contributed by atoms with Gasteiger partial charge in [-0.1, -0.05) is 36.4 Å². The molecule has 1 aliphatic rings. The summed E-state index contributed by atoms with van der Waals surface area (Å²) in [7, 11) is -0.0689. The summed E-state index contributed by atoms with van der Waals surface area (Å²) in [6.07, 6.45) is 0. The Labute approximate surface area is 101 Å². The van der Waals surface area contributed by atoms with E-state index in [1.807, 2.05) is 0 Å². The normalized spacial score (nSPS) is 27.0. The molecule has 0 aromatic heterocycles. The first-order chi connectivity index (χ1) is 6.17. The average Bonchev–Trinajstić information content (AvgIpc) is 2.20. The van der Waals surface area contributed by atoms with Crippen LogP contribution < -0.4 is 0 Å². The van der Waals surface area contributed by atoms with Gasteiger partial charge in [-0.2, -0.15) is 0 Å². The fourth-order valence-electron chi connectivity index (χ4n) is 1.33. The molecule has 1 atom stereocenters. The second-order valence-corrected chi connectivity index (χ2v) is 6.75. The molecule has 0 bridgehead atoms. The third-order valence-electron chi connectivity index (χ3n) is 3.17. The van der Waals surface area contributed by atoms with Crippen LogP contribution in [0.3, 0.4) is 0 Å². The molecule has 0 aromatic rings. The molecule has 82 valence electrons. The van der Waals surface area contributed by atoms with E-state index >= 15 is 0 Å². The summed E-state index contributed by atoms with van der Waals surface area (Å²) >= 11 is 2.42. The molecule has 0 radical (unpaired) electrons. The molecular weight excluding hydrogens is 290 g/mol. The van der Waals surface area contributed by atoms with Gasteiger partial charge in [0.15, 0.2) is 0 Å². The number of halogens is 1. The van der Waals surface area contributed by atoms with Crippen LogP contribution in [0, 0.1) is 5.92 Å². The lowest BCUT2D eigenvalue weighted by molar-refractivity contribution is 0.00578. The zero-order valence-electron chi connectivity index (χ0n) is 9.93. The second-order valence-electron chi connectivity index (χ2n) is 5.31. The Morgan fingerprint density at radius 1 is 1.00 bits per heavy atom. The molecule has 0 unspecified atom stereocenters. The van der Waals surface area contributed by atoms with Gasteiger partial charge in [0.2, 0.25) is 0 Å². The van der Waals surface area contributed by atoms with Gasteiger partial charge in [0.05, 0.1) is 11.2 Å². The summed E-state index contributed by atoms with van der Waals surface area (Å²) in [5.41, 5.74) is -0.397. The molecule has 14 heavy (non-hydrogen) atoms. The van der Waals surface area contributed by atoms with Crippen molar-refractivity contribution in [3.63, 3.8) is 0 Å². The number of hydrogen-bond acceptors (Lipinski definition) is 2. The van der Waals surface area contributed by atoms with Crippen LogP contribution >= 0.6 is 22.6 Å². The highest BCUT2D eigenvalue weighted by atomic mass is 127. The molecule has 0 spiro atoms. The van der Waals surface area contributed by atoms with Gasteiger partial charge in [-0.05, 0) is 33.6 Å².